The van der Waals surface area contributed by atoms with Gasteiger partial charge in [-0.05, 0) is 19.8 Å². The largest absolute Gasteiger partial charge is 0.465 e. The lowest BCUT2D eigenvalue weighted by molar-refractivity contribution is -0.143. The maximum Gasteiger partial charge on any atom is 0.329 e. The average molecular weight is 210 g/mol. The molecular formula is C11H18N2O2. The number of carbonyl (C=O) groups excluding carboxylic acids is 1. The van der Waals surface area contributed by atoms with E-state index in [1.165, 1.54) is 0 Å². The molecule has 4 nitrogen and oxygen atoms in total. The van der Waals surface area contributed by atoms with Gasteiger partial charge in [-0.3, -0.25) is 9.79 Å². The van der Waals surface area contributed by atoms with Crippen LogP contribution in [0, 0.1) is 23.2 Å². The Hall–Kier alpha value is -1.37. The summed E-state index contributed by atoms with van der Waals surface area (Å²) in [5.74, 6) is -0.949. The third-order valence-electron chi connectivity index (χ3n) is 1.78. The summed E-state index contributed by atoms with van der Waals surface area (Å²) in [6.07, 6.45) is 0. The van der Waals surface area contributed by atoms with E-state index in [2.05, 4.69) is 4.99 Å². The van der Waals surface area contributed by atoms with E-state index < -0.39 is 11.9 Å². The molecule has 4 heteroatoms. The lowest BCUT2D eigenvalue weighted by Crippen LogP contribution is -2.23. The van der Waals surface area contributed by atoms with Gasteiger partial charge in [0.25, 0.3) is 0 Å². The predicted octanol–water partition coefficient (Wildman–Crippen LogP) is 1.81. The van der Waals surface area contributed by atoms with Crippen molar-refractivity contribution in [2.75, 3.05) is 13.2 Å². The molecule has 0 saturated heterocycles. The Bertz CT molecular complexity index is 277. The number of carbonyl (C=O) groups is 1. The highest BCUT2D eigenvalue weighted by molar-refractivity contribution is 6.03. The molecule has 0 N–H and O–H groups in total. The van der Waals surface area contributed by atoms with Gasteiger partial charge in [-0.2, -0.15) is 5.26 Å². The molecule has 0 aliphatic rings. The molecule has 0 amide bonds. The van der Waals surface area contributed by atoms with Crippen molar-refractivity contribution in [3.63, 3.8) is 0 Å². The van der Waals surface area contributed by atoms with Crippen LogP contribution in [0.5, 0.6) is 0 Å². The van der Waals surface area contributed by atoms with E-state index in [0.717, 1.165) is 0 Å². The van der Waals surface area contributed by atoms with Crippen LogP contribution >= 0.6 is 0 Å². The molecule has 0 fully saturated rings. The number of aliphatic imine (C=N–C) groups is 1. The second-order valence-corrected chi connectivity index (χ2v) is 3.69. The van der Waals surface area contributed by atoms with Crippen molar-refractivity contribution in [1.29, 1.82) is 5.26 Å². The topological polar surface area (TPSA) is 62.5 Å². The summed E-state index contributed by atoms with van der Waals surface area (Å²) in [5, 5.41) is 8.83. The minimum Gasteiger partial charge on any atom is -0.465 e. The summed E-state index contributed by atoms with van der Waals surface area (Å²) < 4.78 is 4.78. The van der Waals surface area contributed by atoms with E-state index in [9.17, 15) is 4.79 Å². The van der Waals surface area contributed by atoms with Crippen LogP contribution in [0.15, 0.2) is 4.99 Å². The number of hydrogen-bond donors (Lipinski definition) is 0. The third-order valence-corrected chi connectivity index (χ3v) is 1.78. The fourth-order valence-corrected chi connectivity index (χ4v) is 0.960. The first-order valence-electron chi connectivity index (χ1n) is 5.10. The Balaban J connectivity index is 4.48. The van der Waals surface area contributed by atoms with Crippen LogP contribution in [0.4, 0.5) is 0 Å². The highest BCUT2D eigenvalue weighted by atomic mass is 16.5. The number of ether oxygens (including phenoxy) is 1. The van der Waals surface area contributed by atoms with Gasteiger partial charge in [-0.25, -0.2) is 0 Å². The van der Waals surface area contributed by atoms with Crippen molar-refractivity contribution in [2.24, 2.45) is 16.8 Å². The fraction of sp³-hybridized carbons (Fsp3) is 0.727. The summed E-state index contributed by atoms with van der Waals surface area (Å²) in [4.78, 5) is 15.5. The Labute approximate surface area is 91.0 Å². The Kier molecular flexibility index (Phi) is 6.35. The maximum absolute atomic E-state index is 11.3. The van der Waals surface area contributed by atoms with Crippen LogP contribution in [0.1, 0.15) is 27.7 Å². The summed E-state index contributed by atoms with van der Waals surface area (Å²) in [7, 11) is 0. The van der Waals surface area contributed by atoms with Gasteiger partial charge in [0.15, 0.2) is 5.92 Å². The molecule has 0 rings (SSSR count). The molecule has 0 heterocycles. The number of esters is 1. The Morgan fingerprint density at radius 3 is 2.53 bits per heavy atom. The first-order chi connectivity index (χ1) is 7.02. The van der Waals surface area contributed by atoms with Gasteiger partial charge >= 0.3 is 5.97 Å². The monoisotopic (exact) mass is 210 g/mol. The number of rotatable bonds is 5. The molecule has 0 spiro atoms. The second kappa shape index (κ2) is 6.99. The maximum atomic E-state index is 11.3. The van der Waals surface area contributed by atoms with Crippen LogP contribution in [0.25, 0.3) is 0 Å². The molecular weight excluding hydrogens is 192 g/mol. The van der Waals surface area contributed by atoms with E-state index in [-0.39, 0.29) is 6.61 Å². The molecule has 0 aromatic carbocycles. The molecule has 0 aromatic heterocycles. The highest BCUT2D eigenvalue weighted by Gasteiger charge is 2.22. The number of hydrogen-bond acceptors (Lipinski definition) is 4. The fourth-order valence-electron chi connectivity index (χ4n) is 0.960. The number of nitrogens with zero attached hydrogens (tertiary/aromatic N) is 2. The standard InChI is InChI=1S/C11H18N2O2/c1-5-15-11(14)10(6-12)9(4)13-7-8(2)3/h8,10H,5,7H2,1-4H3. The van der Waals surface area contributed by atoms with Gasteiger partial charge in [-0.15, -0.1) is 0 Å². The molecule has 15 heavy (non-hydrogen) atoms. The van der Waals surface area contributed by atoms with Crippen molar-refractivity contribution < 1.29 is 9.53 Å². The molecule has 0 aliphatic heterocycles. The van der Waals surface area contributed by atoms with Gasteiger partial charge in [-0.1, -0.05) is 13.8 Å². The lowest BCUT2D eigenvalue weighted by atomic mass is 10.1. The molecule has 84 valence electrons. The van der Waals surface area contributed by atoms with Gasteiger partial charge in [0.2, 0.25) is 0 Å². The molecule has 0 aliphatic carbocycles. The molecule has 0 bridgehead atoms. The van der Waals surface area contributed by atoms with Crippen LogP contribution in [-0.4, -0.2) is 24.8 Å². The first kappa shape index (κ1) is 13.6. The van der Waals surface area contributed by atoms with Crippen molar-refractivity contribution in [3.8, 4) is 6.07 Å². The molecule has 0 saturated carbocycles. The van der Waals surface area contributed by atoms with E-state index in [0.29, 0.717) is 18.2 Å². The number of nitriles is 1. The minimum atomic E-state index is -0.858. The van der Waals surface area contributed by atoms with Crippen molar-refractivity contribution in [2.45, 2.75) is 27.7 Å². The normalized spacial score (nSPS) is 13.5. The summed E-state index contributed by atoms with van der Waals surface area (Å²) in [5.41, 5.74) is 0.532. The van der Waals surface area contributed by atoms with E-state index in [1.807, 2.05) is 19.9 Å². The van der Waals surface area contributed by atoms with Crippen molar-refractivity contribution >= 4 is 11.7 Å². The molecule has 0 aromatic rings. The third kappa shape index (κ3) is 5.16. The zero-order valence-electron chi connectivity index (χ0n) is 9.78. The van der Waals surface area contributed by atoms with E-state index >= 15 is 0 Å². The second-order valence-electron chi connectivity index (χ2n) is 3.69. The summed E-state index contributed by atoms with van der Waals surface area (Å²) in [6.45, 7) is 8.38. The van der Waals surface area contributed by atoms with Crippen LogP contribution in [0.2, 0.25) is 0 Å². The van der Waals surface area contributed by atoms with Crippen LogP contribution in [0.3, 0.4) is 0 Å². The average Bonchev–Trinajstić information content (AvgIpc) is 2.16. The molecule has 1 atom stereocenters. The molecule has 1 unspecified atom stereocenters. The smallest absolute Gasteiger partial charge is 0.329 e. The minimum absolute atomic E-state index is 0.286. The van der Waals surface area contributed by atoms with Gasteiger partial charge in [0, 0.05) is 12.3 Å². The SMILES string of the molecule is CCOC(=O)C(C#N)C(C)=NCC(C)C. The van der Waals surface area contributed by atoms with E-state index in [4.69, 9.17) is 10.00 Å². The highest BCUT2D eigenvalue weighted by Crippen LogP contribution is 2.04. The first-order valence-corrected chi connectivity index (χ1v) is 5.10. The van der Waals surface area contributed by atoms with Crippen LogP contribution in [-0.2, 0) is 9.53 Å². The van der Waals surface area contributed by atoms with E-state index in [1.54, 1.807) is 13.8 Å². The zero-order chi connectivity index (χ0) is 11.8. The molecule has 0 radical (unpaired) electrons. The quantitative estimate of drug-likeness (QED) is 0.513. The summed E-state index contributed by atoms with van der Waals surface area (Å²) >= 11 is 0. The Morgan fingerprint density at radius 1 is 1.53 bits per heavy atom. The zero-order valence-corrected chi connectivity index (χ0v) is 9.78. The van der Waals surface area contributed by atoms with Crippen molar-refractivity contribution in [3.05, 3.63) is 0 Å². The van der Waals surface area contributed by atoms with Crippen molar-refractivity contribution in [1.82, 2.24) is 0 Å². The summed E-state index contributed by atoms with van der Waals surface area (Å²) in [6, 6.07) is 1.90. The van der Waals surface area contributed by atoms with Gasteiger partial charge in [0.1, 0.15) is 0 Å². The van der Waals surface area contributed by atoms with Crippen LogP contribution < -0.4 is 0 Å². The lowest BCUT2D eigenvalue weighted by Gasteiger charge is -2.08. The van der Waals surface area contributed by atoms with Gasteiger partial charge in [0.05, 0.1) is 12.7 Å². The predicted molar refractivity (Wildman–Crippen MR) is 58.6 cm³/mol. The van der Waals surface area contributed by atoms with Gasteiger partial charge < -0.3 is 4.74 Å². The Morgan fingerprint density at radius 2 is 2.13 bits per heavy atom.